The van der Waals surface area contributed by atoms with Crippen molar-refractivity contribution in [3.8, 4) is 0 Å². The van der Waals surface area contributed by atoms with E-state index in [9.17, 15) is 13.2 Å². The summed E-state index contributed by atoms with van der Waals surface area (Å²) in [5, 5.41) is 0.419. The average molecular weight is 290 g/mol. The monoisotopic (exact) mass is 289 g/mol. The van der Waals surface area contributed by atoms with Crippen molar-refractivity contribution >= 4 is 27.5 Å². The summed E-state index contributed by atoms with van der Waals surface area (Å²) in [6, 6.07) is 5.56. The molecule has 1 aromatic carbocycles. The first-order chi connectivity index (χ1) is 8.25. The lowest BCUT2D eigenvalue weighted by atomic mass is 9.95. The summed E-state index contributed by atoms with van der Waals surface area (Å²) in [6.45, 7) is 3.30. The summed E-state index contributed by atoms with van der Waals surface area (Å²) in [7, 11) is -3.97. The molecule has 0 spiro atoms. The molecule has 0 N–H and O–H groups in total. The molecule has 1 aliphatic heterocycles. The Labute approximate surface area is 110 Å². The molecule has 1 saturated heterocycles. The second kappa shape index (κ2) is 4.22. The molecular weight excluding hydrogens is 278 g/mol. The van der Waals surface area contributed by atoms with Crippen LogP contribution in [0, 0.1) is 5.41 Å². The molecule has 0 aliphatic carbocycles. The third-order valence-corrected chi connectivity index (χ3v) is 4.44. The number of hydrogen-bond acceptors (Lipinski definition) is 4. The number of carbonyl (C=O) groups is 1. The van der Waals surface area contributed by atoms with Crippen LogP contribution >= 0.6 is 11.6 Å². The minimum atomic E-state index is -3.97. The smallest absolute Gasteiger partial charge is 0.271 e. The molecule has 0 bridgehead atoms. The van der Waals surface area contributed by atoms with Crippen LogP contribution in [0.5, 0.6) is 0 Å². The molecule has 1 heterocycles. The summed E-state index contributed by atoms with van der Waals surface area (Å²) in [5.74, 6) is -0.572. The van der Waals surface area contributed by atoms with Gasteiger partial charge >= 0.3 is 0 Å². The van der Waals surface area contributed by atoms with Gasteiger partial charge in [0.15, 0.2) is 0 Å². The van der Waals surface area contributed by atoms with Gasteiger partial charge in [0.25, 0.3) is 15.9 Å². The molecule has 0 unspecified atom stereocenters. The number of rotatable bonds is 2. The minimum absolute atomic E-state index is 0.0297. The summed E-state index contributed by atoms with van der Waals surface area (Å²) in [5.41, 5.74) is -0.834. The predicted octanol–water partition coefficient (Wildman–Crippen LogP) is 1.83. The number of amides is 1. The van der Waals surface area contributed by atoms with E-state index in [0.29, 0.717) is 9.49 Å². The molecule has 18 heavy (non-hydrogen) atoms. The van der Waals surface area contributed by atoms with E-state index < -0.39 is 21.3 Å². The molecular formula is C11H12ClNO4S. The maximum absolute atomic E-state index is 12.2. The first-order valence-electron chi connectivity index (χ1n) is 5.23. The number of nitrogens with zero attached hydrogens (tertiary/aromatic N) is 1. The lowest BCUT2D eigenvalue weighted by Gasteiger charge is -2.16. The fourth-order valence-corrected chi connectivity index (χ4v) is 2.92. The van der Waals surface area contributed by atoms with Crippen LogP contribution < -0.4 is 0 Å². The van der Waals surface area contributed by atoms with E-state index in [4.69, 9.17) is 16.4 Å². The van der Waals surface area contributed by atoms with Crippen molar-refractivity contribution in [2.75, 3.05) is 6.61 Å². The molecule has 7 heteroatoms. The molecule has 1 fully saturated rings. The van der Waals surface area contributed by atoms with E-state index in [1.54, 1.807) is 13.8 Å². The maximum atomic E-state index is 12.2. The van der Waals surface area contributed by atoms with Crippen LogP contribution in [0.15, 0.2) is 29.2 Å². The van der Waals surface area contributed by atoms with Crippen molar-refractivity contribution in [2.24, 2.45) is 5.41 Å². The van der Waals surface area contributed by atoms with E-state index >= 15 is 0 Å². The van der Waals surface area contributed by atoms with Gasteiger partial charge in [0.05, 0.1) is 16.9 Å². The van der Waals surface area contributed by atoms with Crippen LogP contribution in [0.1, 0.15) is 13.8 Å². The highest BCUT2D eigenvalue weighted by atomic mass is 35.5. The van der Waals surface area contributed by atoms with Gasteiger partial charge in [0.2, 0.25) is 0 Å². The molecule has 1 amide bonds. The van der Waals surface area contributed by atoms with Gasteiger partial charge in [-0.05, 0) is 38.1 Å². The third-order valence-electron chi connectivity index (χ3n) is 2.62. The number of carbonyl (C=O) groups excluding carboxylic acids is 1. The van der Waals surface area contributed by atoms with E-state index in [1.165, 1.54) is 24.3 Å². The Morgan fingerprint density at radius 2 is 1.83 bits per heavy atom. The molecule has 0 atom stereocenters. The van der Waals surface area contributed by atoms with Crippen molar-refractivity contribution in [1.29, 1.82) is 0 Å². The van der Waals surface area contributed by atoms with Crippen molar-refractivity contribution in [3.05, 3.63) is 29.3 Å². The highest BCUT2D eigenvalue weighted by Gasteiger charge is 2.46. The molecule has 0 saturated carbocycles. The number of halogens is 1. The van der Waals surface area contributed by atoms with Crippen LogP contribution in [-0.2, 0) is 19.7 Å². The Bertz CT molecular complexity index is 580. The zero-order valence-electron chi connectivity index (χ0n) is 9.88. The molecule has 0 radical (unpaired) electrons. The molecule has 2 rings (SSSR count). The summed E-state index contributed by atoms with van der Waals surface area (Å²) < 4.78 is 24.8. The Kier molecular flexibility index (Phi) is 3.12. The average Bonchev–Trinajstić information content (AvgIpc) is 2.55. The van der Waals surface area contributed by atoms with Crippen molar-refractivity contribution in [3.63, 3.8) is 0 Å². The first kappa shape index (κ1) is 13.3. The summed E-state index contributed by atoms with van der Waals surface area (Å²) in [4.78, 5) is 16.9. The molecule has 0 aromatic heterocycles. The quantitative estimate of drug-likeness (QED) is 0.833. The van der Waals surface area contributed by atoms with Crippen LogP contribution in [0.4, 0.5) is 0 Å². The maximum Gasteiger partial charge on any atom is 0.289 e. The second-order valence-corrected chi connectivity index (χ2v) is 6.84. The predicted molar refractivity (Wildman–Crippen MR) is 65.2 cm³/mol. The highest BCUT2D eigenvalue weighted by Crippen LogP contribution is 2.31. The molecule has 1 aromatic rings. The molecule has 98 valence electrons. The largest absolute Gasteiger partial charge is 0.289 e. The Balaban J connectivity index is 2.39. The van der Waals surface area contributed by atoms with Gasteiger partial charge in [-0.1, -0.05) is 11.6 Å². The summed E-state index contributed by atoms with van der Waals surface area (Å²) in [6.07, 6.45) is 0. The zero-order valence-corrected chi connectivity index (χ0v) is 11.5. The van der Waals surface area contributed by atoms with Gasteiger partial charge in [-0.25, -0.2) is 0 Å². The fraction of sp³-hybridized carbons (Fsp3) is 0.364. The SMILES string of the molecule is CC1(C)CON(S(=O)(=O)c2ccc(Cl)cc2)C1=O. The molecule has 1 aliphatic rings. The van der Waals surface area contributed by atoms with E-state index in [0.717, 1.165) is 0 Å². The van der Waals surface area contributed by atoms with Gasteiger partial charge in [0.1, 0.15) is 0 Å². The van der Waals surface area contributed by atoms with Crippen molar-refractivity contribution < 1.29 is 18.0 Å². The third kappa shape index (κ3) is 2.11. The topological polar surface area (TPSA) is 63.7 Å². The number of hydroxylamine groups is 1. The Hall–Kier alpha value is -1.11. The number of sulfonamides is 1. The number of hydrogen-bond donors (Lipinski definition) is 0. The van der Waals surface area contributed by atoms with Crippen LogP contribution in [0.25, 0.3) is 0 Å². The minimum Gasteiger partial charge on any atom is -0.271 e. The van der Waals surface area contributed by atoms with Gasteiger partial charge in [-0.15, -0.1) is 4.47 Å². The summed E-state index contributed by atoms with van der Waals surface area (Å²) >= 11 is 5.69. The van der Waals surface area contributed by atoms with E-state index in [-0.39, 0.29) is 11.5 Å². The van der Waals surface area contributed by atoms with Gasteiger partial charge in [-0.2, -0.15) is 8.42 Å². The Morgan fingerprint density at radius 3 is 2.28 bits per heavy atom. The van der Waals surface area contributed by atoms with Crippen molar-refractivity contribution in [2.45, 2.75) is 18.7 Å². The second-order valence-electron chi connectivity index (χ2n) is 4.65. The fourth-order valence-electron chi connectivity index (χ4n) is 1.47. The van der Waals surface area contributed by atoms with Crippen LogP contribution in [0.3, 0.4) is 0 Å². The van der Waals surface area contributed by atoms with Crippen LogP contribution in [0.2, 0.25) is 5.02 Å². The van der Waals surface area contributed by atoms with Gasteiger partial charge < -0.3 is 0 Å². The number of benzene rings is 1. The lowest BCUT2D eigenvalue weighted by molar-refractivity contribution is -0.142. The normalized spacial score (nSPS) is 19.3. The Morgan fingerprint density at radius 1 is 1.28 bits per heavy atom. The highest BCUT2D eigenvalue weighted by molar-refractivity contribution is 7.89. The van der Waals surface area contributed by atoms with Gasteiger partial charge in [0, 0.05) is 5.02 Å². The standard InChI is InChI=1S/C11H12ClNO4S/c1-11(2)7-17-13(10(11)14)18(15,16)9-5-3-8(12)4-6-9/h3-6H,7H2,1-2H3. The first-order valence-corrected chi connectivity index (χ1v) is 7.05. The van der Waals surface area contributed by atoms with Crippen LogP contribution in [-0.4, -0.2) is 25.4 Å². The molecule has 5 nitrogen and oxygen atoms in total. The van der Waals surface area contributed by atoms with Gasteiger partial charge in [-0.3, -0.25) is 9.63 Å². The van der Waals surface area contributed by atoms with E-state index in [2.05, 4.69) is 0 Å². The van der Waals surface area contributed by atoms with Crippen molar-refractivity contribution in [1.82, 2.24) is 4.47 Å². The van der Waals surface area contributed by atoms with E-state index in [1.807, 2.05) is 0 Å². The lowest BCUT2D eigenvalue weighted by Crippen LogP contribution is -2.35. The zero-order chi connectivity index (χ0) is 13.6.